The third-order valence-corrected chi connectivity index (χ3v) is 3.22. The summed E-state index contributed by atoms with van der Waals surface area (Å²) in [7, 11) is 1.31. The van der Waals surface area contributed by atoms with Crippen LogP contribution in [0.1, 0.15) is 20.9 Å². The average molecular weight is 296 g/mol. The number of methoxy groups -OCH3 is 1. The van der Waals surface area contributed by atoms with Gasteiger partial charge in [0.15, 0.2) is 12.0 Å². The van der Waals surface area contributed by atoms with E-state index in [1.807, 2.05) is 0 Å². The van der Waals surface area contributed by atoms with E-state index in [0.29, 0.717) is 23.2 Å². The largest absolute Gasteiger partial charge is 0.465 e. The fourth-order valence-corrected chi connectivity index (χ4v) is 2.16. The molecule has 3 rings (SSSR count). The molecule has 0 N–H and O–H groups in total. The molecule has 0 fully saturated rings. The number of ether oxygens (including phenoxy) is 1. The molecular formula is C16H12N2O4. The average Bonchev–Trinajstić information content (AvgIpc) is 3.24. The topological polar surface area (TPSA) is 74.3 Å². The van der Waals surface area contributed by atoms with Crippen molar-refractivity contribution >= 4 is 12.3 Å². The van der Waals surface area contributed by atoms with Crippen LogP contribution >= 0.6 is 0 Å². The van der Waals surface area contributed by atoms with Gasteiger partial charge in [0.05, 0.1) is 19.0 Å². The molecular weight excluding hydrogens is 284 g/mol. The van der Waals surface area contributed by atoms with E-state index in [1.165, 1.54) is 7.11 Å². The Kier molecular flexibility index (Phi) is 3.57. The number of nitrogens with zero attached hydrogens (tertiary/aromatic N) is 2. The number of carbonyl (C=O) groups excluding carboxylic acids is 2. The highest BCUT2D eigenvalue weighted by Crippen LogP contribution is 2.28. The summed E-state index contributed by atoms with van der Waals surface area (Å²) in [5, 5.41) is 0. The van der Waals surface area contributed by atoms with Gasteiger partial charge in [0.25, 0.3) is 0 Å². The van der Waals surface area contributed by atoms with Gasteiger partial charge in [0, 0.05) is 23.6 Å². The minimum atomic E-state index is -0.476. The predicted octanol–water partition coefficient (Wildman–Crippen LogP) is 2.73. The first kappa shape index (κ1) is 13.8. The van der Waals surface area contributed by atoms with Crippen LogP contribution in [0.2, 0.25) is 0 Å². The number of esters is 1. The fraction of sp³-hybridized carbons (Fsp3) is 0.0625. The maximum absolute atomic E-state index is 11.9. The van der Waals surface area contributed by atoms with Gasteiger partial charge >= 0.3 is 5.97 Å². The Hall–Kier alpha value is -3.15. The summed E-state index contributed by atoms with van der Waals surface area (Å²) in [6.45, 7) is 0. The van der Waals surface area contributed by atoms with Gasteiger partial charge in [-0.15, -0.1) is 0 Å². The first-order valence-electron chi connectivity index (χ1n) is 6.49. The smallest absolute Gasteiger partial charge is 0.338 e. The van der Waals surface area contributed by atoms with Crippen molar-refractivity contribution in [3.8, 4) is 17.0 Å². The minimum absolute atomic E-state index is 0.193. The maximum atomic E-state index is 11.9. The highest BCUT2D eigenvalue weighted by Gasteiger charge is 2.17. The lowest BCUT2D eigenvalue weighted by atomic mass is 10.0. The Bertz CT molecular complexity index is 819. The lowest BCUT2D eigenvalue weighted by molar-refractivity contribution is 0.0601. The van der Waals surface area contributed by atoms with Crippen molar-refractivity contribution in [1.29, 1.82) is 0 Å². The summed E-state index contributed by atoms with van der Waals surface area (Å²) < 4.78 is 12.0. The SMILES string of the molecule is COC(=O)c1ccc(-n2ccnc2)cc1-c1ccc(C=O)o1. The monoisotopic (exact) mass is 296 g/mol. The molecule has 0 aliphatic rings. The van der Waals surface area contributed by atoms with E-state index in [2.05, 4.69) is 4.98 Å². The number of hydrogen-bond acceptors (Lipinski definition) is 5. The van der Waals surface area contributed by atoms with Crippen LogP contribution in [0.15, 0.2) is 53.5 Å². The second-order valence-corrected chi connectivity index (χ2v) is 4.51. The summed E-state index contributed by atoms with van der Waals surface area (Å²) >= 11 is 0. The molecule has 6 heteroatoms. The third kappa shape index (κ3) is 2.42. The Morgan fingerprint density at radius 2 is 2.18 bits per heavy atom. The van der Waals surface area contributed by atoms with Crippen molar-refractivity contribution in [1.82, 2.24) is 9.55 Å². The van der Waals surface area contributed by atoms with Crippen LogP contribution in [0.5, 0.6) is 0 Å². The van der Waals surface area contributed by atoms with Crippen LogP contribution in [-0.2, 0) is 4.74 Å². The van der Waals surface area contributed by atoms with E-state index in [-0.39, 0.29) is 5.76 Å². The van der Waals surface area contributed by atoms with E-state index in [4.69, 9.17) is 9.15 Å². The molecule has 0 unspecified atom stereocenters. The minimum Gasteiger partial charge on any atom is -0.465 e. The van der Waals surface area contributed by atoms with Gasteiger partial charge < -0.3 is 13.7 Å². The first-order chi connectivity index (χ1) is 10.7. The molecule has 0 saturated carbocycles. The molecule has 0 atom stereocenters. The Morgan fingerprint density at radius 3 is 2.82 bits per heavy atom. The van der Waals surface area contributed by atoms with Gasteiger partial charge in [-0.1, -0.05) is 0 Å². The van der Waals surface area contributed by atoms with Gasteiger partial charge in [-0.3, -0.25) is 4.79 Å². The van der Waals surface area contributed by atoms with Crippen LogP contribution in [0.4, 0.5) is 0 Å². The molecule has 0 bridgehead atoms. The quantitative estimate of drug-likeness (QED) is 0.546. The number of aldehydes is 1. The van der Waals surface area contributed by atoms with E-state index < -0.39 is 5.97 Å². The number of benzene rings is 1. The zero-order chi connectivity index (χ0) is 15.5. The molecule has 3 aromatic rings. The van der Waals surface area contributed by atoms with Crippen molar-refractivity contribution < 1.29 is 18.7 Å². The maximum Gasteiger partial charge on any atom is 0.338 e. The molecule has 0 amide bonds. The Labute approximate surface area is 126 Å². The van der Waals surface area contributed by atoms with Gasteiger partial charge in [-0.2, -0.15) is 0 Å². The van der Waals surface area contributed by atoms with Crippen LogP contribution < -0.4 is 0 Å². The molecule has 22 heavy (non-hydrogen) atoms. The Balaban J connectivity index is 2.16. The van der Waals surface area contributed by atoms with Gasteiger partial charge in [0.2, 0.25) is 0 Å². The Morgan fingerprint density at radius 1 is 1.32 bits per heavy atom. The fourth-order valence-electron chi connectivity index (χ4n) is 2.16. The molecule has 0 aliphatic carbocycles. The molecule has 0 saturated heterocycles. The van der Waals surface area contributed by atoms with Crippen molar-refractivity contribution in [2.75, 3.05) is 7.11 Å². The predicted molar refractivity (Wildman–Crippen MR) is 78.0 cm³/mol. The normalized spacial score (nSPS) is 10.4. The second-order valence-electron chi connectivity index (χ2n) is 4.51. The zero-order valence-corrected chi connectivity index (χ0v) is 11.7. The van der Waals surface area contributed by atoms with Crippen LogP contribution in [0.3, 0.4) is 0 Å². The number of hydrogen-bond donors (Lipinski definition) is 0. The molecule has 1 aromatic carbocycles. The van der Waals surface area contributed by atoms with Gasteiger partial charge in [0.1, 0.15) is 5.76 Å². The number of carbonyl (C=O) groups is 2. The highest BCUT2D eigenvalue weighted by atomic mass is 16.5. The number of furan rings is 1. The van der Waals surface area contributed by atoms with Gasteiger partial charge in [-0.05, 0) is 30.3 Å². The number of imidazole rings is 1. The molecule has 110 valence electrons. The van der Waals surface area contributed by atoms with Crippen LogP contribution in [0, 0.1) is 0 Å². The van der Waals surface area contributed by atoms with Crippen molar-refractivity contribution in [2.45, 2.75) is 0 Å². The summed E-state index contributed by atoms with van der Waals surface area (Å²) in [6, 6.07) is 8.40. The van der Waals surface area contributed by atoms with E-state index in [1.54, 1.807) is 53.6 Å². The van der Waals surface area contributed by atoms with Crippen LogP contribution in [-0.4, -0.2) is 28.9 Å². The molecule has 0 spiro atoms. The summed E-state index contributed by atoms with van der Waals surface area (Å²) in [5.74, 6) is 0.138. The summed E-state index contributed by atoms with van der Waals surface area (Å²) in [5.41, 5.74) is 1.72. The number of rotatable bonds is 4. The zero-order valence-electron chi connectivity index (χ0n) is 11.7. The van der Waals surface area contributed by atoms with E-state index >= 15 is 0 Å². The standard InChI is InChI=1S/C16H12N2O4/c1-21-16(20)13-4-2-11(18-7-6-17-10-18)8-14(13)15-5-3-12(9-19)22-15/h2-10H,1H3. The number of aromatic nitrogens is 2. The van der Waals surface area contributed by atoms with E-state index in [9.17, 15) is 9.59 Å². The third-order valence-electron chi connectivity index (χ3n) is 3.22. The lowest BCUT2D eigenvalue weighted by Crippen LogP contribution is -2.04. The first-order valence-corrected chi connectivity index (χ1v) is 6.49. The molecule has 2 aromatic heterocycles. The molecule has 0 radical (unpaired) electrons. The molecule has 2 heterocycles. The van der Waals surface area contributed by atoms with Crippen molar-refractivity contribution in [3.63, 3.8) is 0 Å². The van der Waals surface area contributed by atoms with Gasteiger partial charge in [-0.25, -0.2) is 9.78 Å². The summed E-state index contributed by atoms with van der Waals surface area (Å²) in [4.78, 5) is 26.7. The summed E-state index contributed by atoms with van der Waals surface area (Å²) in [6.07, 6.45) is 5.71. The second kappa shape index (κ2) is 5.69. The van der Waals surface area contributed by atoms with Crippen LogP contribution in [0.25, 0.3) is 17.0 Å². The van der Waals surface area contributed by atoms with E-state index in [0.717, 1.165) is 5.69 Å². The highest BCUT2D eigenvalue weighted by molar-refractivity contribution is 5.97. The molecule has 0 aliphatic heterocycles. The van der Waals surface area contributed by atoms with Crippen molar-refractivity contribution in [2.24, 2.45) is 0 Å². The van der Waals surface area contributed by atoms with Crippen molar-refractivity contribution in [3.05, 3.63) is 60.4 Å². The molecule has 6 nitrogen and oxygen atoms in total. The lowest BCUT2D eigenvalue weighted by Gasteiger charge is -2.09.